The molecule has 1 amide bonds. The third-order valence-electron chi connectivity index (χ3n) is 4.71. The molecule has 0 unspecified atom stereocenters. The largest absolute Gasteiger partial charge is 0.451 e. The molecule has 6 heteroatoms. The Balaban J connectivity index is 1.41. The second-order valence-electron chi connectivity index (χ2n) is 6.85. The first-order valence-corrected chi connectivity index (χ1v) is 10.3. The SMILES string of the molecule is COCc1c(C(=O)NCCc2csc(-c3ccc(C)cc3)n2)oc2ccccc12. The highest BCUT2D eigenvalue weighted by molar-refractivity contribution is 7.13. The number of carbonyl (C=O) groups excluding carboxylic acids is 1. The summed E-state index contributed by atoms with van der Waals surface area (Å²) in [4.78, 5) is 17.4. The molecule has 0 spiro atoms. The van der Waals surface area contributed by atoms with Crippen LogP contribution in [0.1, 0.15) is 27.4 Å². The van der Waals surface area contributed by atoms with Crippen LogP contribution in [0.15, 0.2) is 58.3 Å². The highest BCUT2D eigenvalue weighted by Gasteiger charge is 2.20. The van der Waals surface area contributed by atoms with E-state index in [0.717, 1.165) is 27.2 Å². The second kappa shape index (κ2) is 8.59. The topological polar surface area (TPSA) is 64.4 Å². The molecule has 1 N–H and O–H groups in total. The summed E-state index contributed by atoms with van der Waals surface area (Å²) in [5.74, 6) is 0.0777. The first-order valence-electron chi connectivity index (χ1n) is 9.44. The Bertz CT molecular complexity index is 1130. The number of fused-ring (bicyclic) bond motifs is 1. The van der Waals surface area contributed by atoms with Crippen LogP contribution in [-0.4, -0.2) is 24.5 Å². The smallest absolute Gasteiger partial charge is 0.287 e. The highest BCUT2D eigenvalue weighted by Crippen LogP contribution is 2.27. The summed E-state index contributed by atoms with van der Waals surface area (Å²) in [6.45, 7) is 2.88. The third-order valence-corrected chi connectivity index (χ3v) is 5.65. The predicted octanol–water partition coefficient (Wildman–Crippen LogP) is 4.98. The van der Waals surface area contributed by atoms with Crippen molar-refractivity contribution in [2.24, 2.45) is 0 Å². The Kier molecular flexibility index (Phi) is 5.74. The summed E-state index contributed by atoms with van der Waals surface area (Å²) in [5.41, 5.74) is 4.77. The molecule has 4 rings (SSSR count). The van der Waals surface area contributed by atoms with Gasteiger partial charge in [0.15, 0.2) is 5.76 Å². The number of aromatic nitrogens is 1. The van der Waals surface area contributed by atoms with E-state index in [1.54, 1.807) is 18.4 Å². The lowest BCUT2D eigenvalue weighted by Gasteiger charge is -2.04. The number of rotatable bonds is 7. The van der Waals surface area contributed by atoms with Crippen LogP contribution in [-0.2, 0) is 17.8 Å². The minimum Gasteiger partial charge on any atom is -0.451 e. The molecule has 0 aliphatic rings. The number of benzene rings is 2. The van der Waals surface area contributed by atoms with Gasteiger partial charge in [-0.2, -0.15) is 0 Å². The van der Waals surface area contributed by atoms with Gasteiger partial charge in [0.25, 0.3) is 5.91 Å². The van der Waals surface area contributed by atoms with Crippen molar-refractivity contribution in [3.63, 3.8) is 0 Å². The Labute approximate surface area is 173 Å². The molecule has 29 heavy (non-hydrogen) atoms. The summed E-state index contributed by atoms with van der Waals surface area (Å²) in [7, 11) is 1.61. The zero-order chi connectivity index (χ0) is 20.2. The molecule has 0 saturated heterocycles. The van der Waals surface area contributed by atoms with E-state index < -0.39 is 0 Å². The number of furan rings is 1. The van der Waals surface area contributed by atoms with Gasteiger partial charge >= 0.3 is 0 Å². The molecule has 0 bridgehead atoms. The average molecular weight is 407 g/mol. The van der Waals surface area contributed by atoms with Crippen LogP contribution in [0.4, 0.5) is 0 Å². The number of para-hydroxylation sites is 1. The summed E-state index contributed by atoms with van der Waals surface area (Å²) in [5, 5.41) is 6.88. The Morgan fingerprint density at radius 3 is 2.76 bits per heavy atom. The van der Waals surface area contributed by atoms with E-state index >= 15 is 0 Å². The van der Waals surface area contributed by atoms with E-state index in [9.17, 15) is 4.79 Å². The number of carbonyl (C=O) groups is 1. The van der Waals surface area contributed by atoms with Crippen LogP contribution < -0.4 is 5.32 Å². The zero-order valence-corrected chi connectivity index (χ0v) is 17.2. The van der Waals surface area contributed by atoms with Gasteiger partial charge in [-0.05, 0) is 13.0 Å². The van der Waals surface area contributed by atoms with Crippen molar-refractivity contribution >= 4 is 28.2 Å². The summed E-state index contributed by atoms with van der Waals surface area (Å²) in [6.07, 6.45) is 0.661. The molecular formula is C23H22N2O3S. The Hall–Kier alpha value is -2.96. The van der Waals surface area contributed by atoms with Crippen molar-refractivity contribution in [2.45, 2.75) is 20.0 Å². The molecule has 0 aliphatic carbocycles. The number of aryl methyl sites for hydroxylation is 1. The van der Waals surface area contributed by atoms with Gasteiger partial charge in [0, 0.05) is 42.0 Å². The summed E-state index contributed by atoms with van der Waals surface area (Å²) in [6, 6.07) is 15.9. The minimum atomic E-state index is -0.234. The van der Waals surface area contributed by atoms with Gasteiger partial charge in [0.05, 0.1) is 12.3 Å². The standard InChI is InChI=1S/C23H22N2O3S/c1-15-7-9-16(10-8-15)23-25-17(14-29-23)11-12-24-22(26)21-19(13-27-2)18-5-3-4-6-20(18)28-21/h3-10,14H,11-13H2,1-2H3,(H,24,26). The van der Waals surface area contributed by atoms with Gasteiger partial charge in [0.2, 0.25) is 0 Å². The van der Waals surface area contributed by atoms with Gasteiger partial charge < -0.3 is 14.5 Å². The van der Waals surface area contributed by atoms with Crippen LogP contribution in [0.25, 0.3) is 21.5 Å². The van der Waals surface area contributed by atoms with Crippen LogP contribution >= 0.6 is 11.3 Å². The van der Waals surface area contributed by atoms with Crippen molar-refractivity contribution < 1.29 is 13.9 Å². The third kappa shape index (κ3) is 4.23. The van der Waals surface area contributed by atoms with Crippen molar-refractivity contribution in [1.82, 2.24) is 10.3 Å². The first-order chi connectivity index (χ1) is 14.2. The van der Waals surface area contributed by atoms with Gasteiger partial charge in [-0.3, -0.25) is 4.79 Å². The van der Waals surface area contributed by atoms with E-state index in [4.69, 9.17) is 9.15 Å². The Morgan fingerprint density at radius 2 is 1.97 bits per heavy atom. The van der Waals surface area contributed by atoms with E-state index in [2.05, 4.69) is 41.5 Å². The molecule has 0 radical (unpaired) electrons. The van der Waals surface area contributed by atoms with Gasteiger partial charge in [-0.1, -0.05) is 48.0 Å². The van der Waals surface area contributed by atoms with Crippen molar-refractivity contribution in [2.75, 3.05) is 13.7 Å². The van der Waals surface area contributed by atoms with Crippen LogP contribution in [0.2, 0.25) is 0 Å². The number of hydrogen-bond acceptors (Lipinski definition) is 5. The van der Waals surface area contributed by atoms with Crippen molar-refractivity contribution in [3.8, 4) is 10.6 Å². The number of nitrogens with one attached hydrogen (secondary N) is 1. The minimum absolute atomic E-state index is 0.234. The Morgan fingerprint density at radius 1 is 1.17 bits per heavy atom. The molecular weight excluding hydrogens is 384 g/mol. The fourth-order valence-electron chi connectivity index (χ4n) is 3.20. The monoisotopic (exact) mass is 406 g/mol. The molecule has 2 heterocycles. The maximum Gasteiger partial charge on any atom is 0.287 e. The number of ether oxygens (including phenoxy) is 1. The lowest BCUT2D eigenvalue weighted by atomic mass is 10.1. The molecule has 148 valence electrons. The predicted molar refractivity (Wildman–Crippen MR) is 115 cm³/mol. The second-order valence-corrected chi connectivity index (χ2v) is 7.71. The van der Waals surface area contributed by atoms with Gasteiger partial charge in [-0.15, -0.1) is 11.3 Å². The fraction of sp³-hybridized carbons (Fsp3) is 0.217. The van der Waals surface area contributed by atoms with Crippen LogP contribution in [0, 0.1) is 6.92 Å². The quantitative estimate of drug-likeness (QED) is 0.470. The normalized spacial score (nSPS) is 11.1. The molecule has 0 atom stereocenters. The zero-order valence-electron chi connectivity index (χ0n) is 16.4. The lowest BCUT2D eigenvalue weighted by molar-refractivity contribution is 0.0922. The van der Waals surface area contributed by atoms with Crippen molar-refractivity contribution in [1.29, 1.82) is 0 Å². The summed E-state index contributed by atoms with van der Waals surface area (Å²) < 4.78 is 11.0. The number of hydrogen-bond donors (Lipinski definition) is 1. The van der Waals surface area contributed by atoms with Crippen molar-refractivity contribution in [3.05, 3.63) is 76.5 Å². The molecule has 4 aromatic rings. The van der Waals surface area contributed by atoms with Gasteiger partial charge in [-0.25, -0.2) is 4.98 Å². The highest BCUT2D eigenvalue weighted by atomic mass is 32.1. The number of amides is 1. The van der Waals surface area contributed by atoms with Crippen LogP contribution in [0.3, 0.4) is 0 Å². The average Bonchev–Trinajstić information content (AvgIpc) is 3.34. The summed E-state index contributed by atoms with van der Waals surface area (Å²) >= 11 is 1.62. The molecule has 5 nitrogen and oxygen atoms in total. The molecule has 2 aromatic carbocycles. The number of nitrogens with zero attached hydrogens (tertiary/aromatic N) is 1. The molecule has 2 aromatic heterocycles. The lowest BCUT2D eigenvalue weighted by Crippen LogP contribution is -2.26. The molecule has 0 fully saturated rings. The van der Waals surface area contributed by atoms with E-state index in [-0.39, 0.29) is 5.91 Å². The number of methoxy groups -OCH3 is 1. The maximum atomic E-state index is 12.7. The first kappa shape index (κ1) is 19.4. The maximum absolute atomic E-state index is 12.7. The van der Waals surface area contributed by atoms with Gasteiger partial charge in [0.1, 0.15) is 10.6 Å². The van der Waals surface area contributed by atoms with E-state index in [1.807, 2.05) is 29.6 Å². The van der Waals surface area contributed by atoms with E-state index in [0.29, 0.717) is 30.9 Å². The number of thiazole rings is 1. The fourth-order valence-corrected chi connectivity index (χ4v) is 4.07. The molecule has 0 saturated carbocycles. The van der Waals surface area contributed by atoms with E-state index in [1.165, 1.54) is 5.56 Å². The van der Waals surface area contributed by atoms with Crippen LogP contribution in [0.5, 0.6) is 0 Å². The molecule has 0 aliphatic heterocycles.